The van der Waals surface area contributed by atoms with E-state index >= 15 is 0 Å². The van der Waals surface area contributed by atoms with Gasteiger partial charge in [-0.1, -0.05) is 6.07 Å². The molecular formula is C13H19NO2S. The first-order valence-electron chi connectivity index (χ1n) is 6.20. The Morgan fingerprint density at radius 1 is 1.53 bits per heavy atom. The lowest BCUT2D eigenvalue weighted by atomic mass is 9.98. The number of carbonyl (C=O) groups excluding carboxylic acids is 1. The molecule has 0 aromatic carbocycles. The van der Waals surface area contributed by atoms with E-state index in [0.29, 0.717) is 5.91 Å². The fourth-order valence-electron chi connectivity index (χ4n) is 2.14. The SMILES string of the molecule is CCN(Cc1cccs1)C(=O)C1CCOCC1. The molecule has 94 valence electrons. The molecule has 1 aliphatic rings. The van der Waals surface area contributed by atoms with Crippen LogP contribution in [0.3, 0.4) is 0 Å². The number of nitrogens with zero attached hydrogens (tertiary/aromatic N) is 1. The first kappa shape index (κ1) is 12.6. The summed E-state index contributed by atoms with van der Waals surface area (Å²) >= 11 is 1.71. The van der Waals surface area contributed by atoms with E-state index in [0.717, 1.165) is 39.1 Å². The Balaban J connectivity index is 1.94. The van der Waals surface area contributed by atoms with Crippen molar-refractivity contribution in [2.24, 2.45) is 5.92 Å². The summed E-state index contributed by atoms with van der Waals surface area (Å²) in [4.78, 5) is 15.5. The molecule has 1 aromatic rings. The molecule has 0 N–H and O–H groups in total. The Hall–Kier alpha value is -0.870. The van der Waals surface area contributed by atoms with Crippen LogP contribution in [-0.2, 0) is 16.1 Å². The third-order valence-corrected chi connectivity index (χ3v) is 4.05. The molecule has 1 aliphatic heterocycles. The zero-order chi connectivity index (χ0) is 12.1. The van der Waals surface area contributed by atoms with Gasteiger partial charge in [-0.25, -0.2) is 0 Å². The Morgan fingerprint density at radius 2 is 2.29 bits per heavy atom. The zero-order valence-electron chi connectivity index (χ0n) is 10.2. The Bertz CT molecular complexity index is 344. The highest BCUT2D eigenvalue weighted by Crippen LogP contribution is 2.20. The summed E-state index contributed by atoms with van der Waals surface area (Å²) in [5.74, 6) is 0.466. The van der Waals surface area contributed by atoms with Gasteiger partial charge in [0.2, 0.25) is 5.91 Å². The molecular weight excluding hydrogens is 234 g/mol. The molecule has 1 aromatic heterocycles. The van der Waals surface area contributed by atoms with Crippen molar-refractivity contribution < 1.29 is 9.53 Å². The van der Waals surface area contributed by atoms with E-state index in [4.69, 9.17) is 4.74 Å². The topological polar surface area (TPSA) is 29.5 Å². The summed E-state index contributed by atoms with van der Waals surface area (Å²) in [5, 5.41) is 2.06. The van der Waals surface area contributed by atoms with Crippen molar-refractivity contribution in [2.75, 3.05) is 19.8 Å². The number of ether oxygens (including phenoxy) is 1. The molecule has 0 saturated carbocycles. The van der Waals surface area contributed by atoms with Gasteiger partial charge >= 0.3 is 0 Å². The number of rotatable bonds is 4. The first-order chi connectivity index (χ1) is 8.31. The summed E-state index contributed by atoms with van der Waals surface area (Å²) in [6.45, 7) is 5.04. The van der Waals surface area contributed by atoms with E-state index in [9.17, 15) is 4.79 Å². The van der Waals surface area contributed by atoms with E-state index in [1.165, 1.54) is 4.88 Å². The molecule has 17 heavy (non-hydrogen) atoms. The van der Waals surface area contributed by atoms with Crippen molar-refractivity contribution in [1.82, 2.24) is 4.90 Å². The van der Waals surface area contributed by atoms with Gasteiger partial charge in [-0.2, -0.15) is 0 Å². The van der Waals surface area contributed by atoms with Crippen molar-refractivity contribution in [3.8, 4) is 0 Å². The fraction of sp³-hybridized carbons (Fsp3) is 0.615. The van der Waals surface area contributed by atoms with Crippen LogP contribution in [0.1, 0.15) is 24.6 Å². The van der Waals surface area contributed by atoms with Gasteiger partial charge < -0.3 is 9.64 Å². The monoisotopic (exact) mass is 253 g/mol. The van der Waals surface area contributed by atoms with Crippen LogP contribution in [0.25, 0.3) is 0 Å². The van der Waals surface area contributed by atoms with Gasteiger partial charge in [0.25, 0.3) is 0 Å². The molecule has 0 bridgehead atoms. The lowest BCUT2D eigenvalue weighted by Gasteiger charge is -2.28. The van der Waals surface area contributed by atoms with E-state index in [2.05, 4.69) is 11.4 Å². The van der Waals surface area contributed by atoms with E-state index in [1.54, 1.807) is 11.3 Å². The van der Waals surface area contributed by atoms with Crippen LogP contribution in [0.5, 0.6) is 0 Å². The average molecular weight is 253 g/mol. The summed E-state index contributed by atoms with van der Waals surface area (Å²) in [7, 11) is 0. The highest BCUT2D eigenvalue weighted by Gasteiger charge is 2.25. The summed E-state index contributed by atoms with van der Waals surface area (Å²) in [6, 6.07) is 4.12. The van der Waals surface area contributed by atoms with Crippen molar-refractivity contribution in [2.45, 2.75) is 26.3 Å². The molecule has 0 atom stereocenters. The maximum atomic E-state index is 12.3. The molecule has 4 heteroatoms. The quantitative estimate of drug-likeness (QED) is 0.825. The molecule has 1 saturated heterocycles. The van der Waals surface area contributed by atoms with Crippen LogP contribution in [0.4, 0.5) is 0 Å². The number of hydrogen-bond donors (Lipinski definition) is 0. The molecule has 0 radical (unpaired) electrons. The van der Waals surface area contributed by atoms with Gasteiger partial charge in [0.05, 0.1) is 6.54 Å². The molecule has 2 rings (SSSR count). The standard InChI is InChI=1S/C13H19NO2S/c1-2-14(10-12-4-3-9-17-12)13(15)11-5-7-16-8-6-11/h3-4,9,11H,2,5-8,10H2,1H3. The molecule has 0 unspecified atom stereocenters. The van der Waals surface area contributed by atoms with E-state index < -0.39 is 0 Å². The fourth-order valence-corrected chi connectivity index (χ4v) is 2.86. The molecule has 0 spiro atoms. The minimum Gasteiger partial charge on any atom is -0.381 e. The van der Waals surface area contributed by atoms with Crippen molar-refractivity contribution in [1.29, 1.82) is 0 Å². The van der Waals surface area contributed by atoms with Gasteiger partial charge in [0.1, 0.15) is 0 Å². The highest BCUT2D eigenvalue weighted by atomic mass is 32.1. The van der Waals surface area contributed by atoms with Gasteiger partial charge in [0.15, 0.2) is 0 Å². The minimum absolute atomic E-state index is 0.170. The predicted octanol–water partition coefficient (Wildman–Crippen LogP) is 2.52. The number of carbonyl (C=O) groups is 1. The lowest BCUT2D eigenvalue weighted by Crippen LogP contribution is -2.37. The number of thiophene rings is 1. The molecule has 2 heterocycles. The number of hydrogen-bond acceptors (Lipinski definition) is 3. The molecule has 1 amide bonds. The maximum Gasteiger partial charge on any atom is 0.226 e. The van der Waals surface area contributed by atoms with Crippen molar-refractivity contribution in [3.63, 3.8) is 0 Å². The maximum absolute atomic E-state index is 12.3. The summed E-state index contributed by atoms with van der Waals surface area (Å²) < 4.78 is 5.30. The third-order valence-electron chi connectivity index (χ3n) is 3.19. The van der Waals surface area contributed by atoms with Crippen LogP contribution in [0.2, 0.25) is 0 Å². The van der Waals surface area contributed by atoms with Gasteiger partial charge in [-0.3, -0.25) is 4.79 Å². The van der Waals surface area contributed by atoms with Crippen LogP contribution in [0, 0.1) is 5.92 Å². The van der Waals surface area contributed by atoms with Gasteiger partial charge in [-0.05, 0) is 31.2 Å². The highest BCUT2D eigenvalue weighted by molar-refractivity contribution is 7.09. The van der Waals surface area contributed by atoms with Gasteiger partial charge in [-0.15, -0.1) is 11.3 Å². The second-order valence-corrected chi connectivity index (χ2v) is 5.35. The third kappa shape index (κ3) is 3.30. The summed E-state index contributed by atoms with van der Waals surface area (Å²) in [5.41, 5.74) is 0. The van der Waals surface area contributed by atoms with Crippen LogP contribution in [-0.4, -0.2) is 30.6 Å². The van der Waals surface area contributed by atoms with Crippen molar-refractivity contribution >= 4 is 17.2 Å². The van der Waals surface area contributed by atoms with E-state index in [-0.39, 0.29) is 5.92 Å². The van der Waals surface area contributed by atoms with E-state index in [1.807, 2.05) is 17.9 Å². The van der Waals surface area contributed by atoms with Crippen LogP contribution < -0.4 is 0 Å². The Labute approximate surface area is 106 Å². The van der Waals surface area contributed by atoms with Gasteiger partial charge in [0, 0.05) is 30.6 Å². The zero-order valence-corrected chi connectivity index (χ0v) is 11.0. The number of amides is 1. The first-order valence-corrected chi connectivity index (χ1v) is 7.08. The molecule has 1 fully saturated rings. The minimum atomic E-state index is 0.170. The second-order valence-electron chi connectivity index (χ2n) is 4.32. The molecule has 0 aliphatic carbocycles. The normalized spacial score (nSPS) is 17.0. The molecule has 3 nitrogen and oxygen atoms in total. The second kappa shape index (κ2) is 6.17. The smallest absolute Gasteiger partial charge is 0.226 e. The largest absolute Gasteiger partial charge is 0.381 e. The average Bonchev–Trinajstić information content (AvgIpc) is 2.89. The predicted molar refractivity (Wildman–Crippen MR) is 69.0 cm³/mol. The summed E-state index contributed by atoms with van der Waals surface area (Å²) in [6.07, 6.45) is 1.75. The van der Waals surface area contributed by atoms with Crippen LogP contribution >= 0.6 is 11.3 Å². The Morgan fingerprint density at radius 3 is 2.88 bits per heavy atom. The van der Waals surface area contributed by atoms with Crippen molar-refractivity contribution in [3.05, 3.63) is 22.4 Å². The van der Waals surface area contributed by atoms with Crippen LogP contribution in [0.15, 0.2) is 17.5 Å². The lowest BCUT2D eigenvalue weighted by molar-refractivity contribution is -0.138. The Kier molecular flexibility index (Phi) is 4.57.